The van der Waals surface area contributed by atoms with Crippen molar-refractivity contribution >= 4 is 5.91 Å². The molecule has 0 atom stereocenters. The van der Waals surface area contributed by atoms with Crippen LogP contribution >= 0.6 is 0 Å². The number of hydrogen-bond acceptors (Lipinski definition) is 6. The molecular formula is C17H22N4O3. The highest BCUT2D eigenvalue weighted by Gasteiger charge is 2.21. The van der Waals surface area contributed by atoms with E-state index in [2.05, 4.69) is 22.1 Å². The molecule has 0 saturated carbocycles. The lowest BCUT2D eigenvalue weighted by Crippen LogP contribution is -2.34. The second-order valence-electron chi connectivity index (χ2n) is 5.96. The van der Waals surface area contributed by atoms with Gasteiger partial charge in [0.1, 0.15) is 5.75 Å². The third kappa shape index (κ3) is 3.91. The molecule has 1 aliphatic rings. The van der Waals surface area contributed by atoms with Crippen molar-refractivity contribution < 1.29 is 14.1 Å². The molecule has 128 valence electrons. The monoisotopic (exact) mass is 330 g/mol. The number of aromatic nitrogens is 2. The van der Waals surface area contributed by atoms with Gasteiger partial charge in [-0.3, -0.25) is 4.79 Å². The van der Waals surface area contributed by atoms with Crippen LogP contribution in [0, 0.1) is 6.92 Å². The summed E-state index contributed by atoms with van der Waals surface area (Å²) in [5, 5.41) is 3.80. The Morgan fingerprint density at radius 1 is 1.25 bits per heavy atom. The molecule has 24 heavy (non-hydrogen) atoms. The van der Waals surface area contributed by atoms with Crippen molar-refractivity contribution in [3.05, 3.63) is 41.5 Å². The summed E-state index contributed by atoms with van der Waals surface area (Å²) >= 11 is 0. The van der Waals surface area contributed by atoms with Crippen LogP contribution in [0.5, 0.6) is 5.75 Å². The predicted molar refractivity (Wildman–Crippen MR) is 87.8 cm³/mol. The molecule has 7 nitrogen and oxygen atoms in total. The third-order valence-electron chi connectivity index (χ3n) is 4.05. The van der Waals surface area contributed by atoms with Gasteiger partial charge in [-0.05, 0) is 32.1 Å². The molecule has 1 fully saturated rings. The average molecular weight is 330 g/mol. The minimum Gasteiger partial charge on any atom is -0.485 e. The topological polar surface area (TPSA) is 71.7 Å². The standard InChI is InChI=1S/C17H22N4O3/c1-13-18-16(19-24-13)12-23-15-7-4-3-6-14(15)17(22)21-9-5-8-20(2)10-11-21/h3-4,6-7H,5,8-12H2,1-2H3. The summed E-state index contributed by atoms with van der Waals surface area (Å²) in [5.41, 5.74) is 0.572. The number of carbonyl (C=O) groups is 1. The van der Waals surface area contributed by atoms with Gasteiger partial charge in [-0.15, -0.1) is 0 Å². The first-order valence-electron chi connectivity index (χ1n) is 8.12. The summed E-state index contributed by atoms with van der Waals surface area (Å²) in [4.78, 5) is 21.1. The van der Waals surface area contributed by atoms with E-state index in [-0.39, 0.29) is 12.5 Å². The van der Waals surface area contributed by atoms with E-state index in [0.29, 0.717) is 23.0 Å². The number of para-hydroxylation sites is 1. The smallest absolute Gasteiger partial charge is 0.257 e. The van der Waals surface area contributed by atoms with Gasteiger partial charge in [0.15, 0.2) is 6.61 Å². The summed E-state index contributed by atoms with van der Waals surface area (Å²) in [5.74, 6) is 1.51. The molecule has 0 unspecified atom stereocenters. The zero-order valence-corrected chi connectivity index (χ0v) is 14.1. The van der Waals surface area contributed by atoms with Crippen LogP contribution in [-0.4, -0.2) is 59.1 Å². The Kier molecular flexibility index (Phi) is 5.10. The quantitative estimate of drug-likeness (QED) is 0.850. The van der Waals surface area contributed by atoms with Crippen molar-refractivity contribution in [2.24, 2.45) is 0 Å². The Bertz CT molecular complexity index is 701. The van der Waals surface area contributed by atoms with Gasteiger partial charge in [0.25, 0.3) is 5.91 Å². The zero-order chi connectivity index (χ0) is 16.9. The molecule has 1 saturated heterocycles. The fraction of sp³-hybridized carbons (Fsp3) is 0.471. The van der Waals surface area contributed by atoms with Crippen LogP contribution in [0.3, 0.4) is 0 Å². The van der Waals surface area contributed by atoms with E-state index in [1.54, 1.807) is 19.1 Å². The Hall–Kier alpha value is -2.41. The van der Waals surface area contributed by atoms with Crippen LogP contribution in [0.25, 0.3) is 0 Å². The Labute approximate surface area is 141 Å². The van der Waals surface area contributed by atoms with Gasteiger partial charge in [-0.25, -0.2) is 0 Å². The lowest BCUT2D eigenvalue weighted by molar-refractivity contribution is 0.0757. The number of nitrogens with zero attached hydrogens (tertiary/aromatic N) is 4. The van der Waals surface area contributed by atoms with Crippen LogP contribution in [0.15, 0.2) is 28.8 Å². The SMILES string of the molecule is Cc1nc(COc2ccccc2C(=O)N2CCCN(C)CC2)no1. The lowest BCUT2D eigenvalue weighted by Gasteiger charge is -2.21. The molecule has 0 radical (unpaired) electrons. The molecule has 1 aliphatic heterocycles. The Morgan fingerprint density at radius 3 is 2.88 bits per heavy atom. The third-order valence-corrected chi connectivity index (χ3v) is 4.05. The highest BCUT2D eigenvalue weighted by molar-refractivity contribution is 5.97. The molecule has 0 bridgehead atoms. The van der Waals surface area contributed by atoms with E-state index in [1.807, 2.05) is 17.0 Å². The molecule has 2 heterocycles. The summed E-state index contributed by atoms with van der Waals surface area (Å²) in [6, 6.07) is 7.30. The molecule has 7 heteroatoms. The number of carbonyl (C=O) groups excluding carboxylic acids is 1. The molecule has 3 rings (SSSR count). The molecule has 0 spiro atoms. The van der Waals surface area contributed by atoms with Crippen molar-refractivity contribution in [1.29, 1.82) is 0 Å². The van der Waals surface area contributed by atoms with E-state index < -0.39 is 0 Å². The number of aryl methyl sites for hydroxylation is 1. The van der Waals surface area contributed by atoms with Crippen LogP contribution < -0.4 is 4.74 Å². The van der Waals surface area contributed by atoms with Crippen molar-refractivity contribution in [1.82, 2.24) is 19.9 Å². The molecule has 2 aromatic rings. The maximum absolute atomic E-state index is 12.9. The summed E-state index contributed by atoms with van der Waals surface area (Å²) in [6.07, 6.45) is 0.980. The first kappa shape index (κ1) is 16.4. The van der Waals surface area contributed by atoms with Gasteiger partial charge >= 0.3 is 0 Å². The van der Waals surface area contributed by atoms with Crippen LogP contribution in [-0.2, 0) is 6.61 Å². The first-order chi connectivity index (χ1) is 11.6. The zero-order valence-electron chi connectivity index (χ0n) is 14.1. The maximum Gasteiger partial charge on any atom is 0.257 e. The molecule has 0 N–H and O–H groups in total. The normalized spacial score (nSPS) is 16.0. The Morgan fingerprint density at radius 2 is 2.08 bits per heavy atom. The maximum atomic E-state index is 12.9. The molecule has 0 aliphatic carbocycles. The Balaban J connectivity index is 1.71. The molecule has 1 amide bonds. The van der Waals surface area contributed by atoms with Crippen LogP contribution in [0.4, 0.5) is 0 Å². The lowest BCUT2D eigenvalue weighted by atomic mass is 10.1. The van der Waals surface area contributed by atoms with E-state index in [4.69, 9.17) is 9.26 Å². The number of hydrogen-bond donors (Lipinski definition) is 0. The molecule has 1 aromatic heterocycles. The second-order valence-corrected chi connectivity index (χ2v) is 5.96. The van der Waals surface area contributed by atoms with Crippen molar-refractivity contribution in [3.8, 4) is 5.75 Å². The minimum absolute atomic E-state index is 0.00481. The highest BCUT2D eigenvalue weighted by atomic mass is 16.5. The van der Waals surface area contributed by atoms with Crippen LogP contribution in [0.1, 0.15) is 28.5 Å². The second kappa shape index (κ2) is 7.44. The van der Waals surface area contributed by atoms with Crippen molar-refractivity contribution in [3.63, 3.8) is 0 Å². The predicted octanol–water partition coefficient (Wildman–Crippen LogP) is 1.73. The fourth-order valence-corrected chi connectivity index (χ4v) is 2.73. The van der Waals surface area contributed by atoms with E-state index in [9.17, 15) is 4.79 Å². The largest absolute Gasteiger partial charge is 0.485 e. The number of benzene rings is 1. The van der Waals surface area contributed by atoms with E-state index >= 15 is 0 Å². The van der Waals surface area contributed by atoms with Crippen molar-refractivity contribution in [2.75, 3.05) is 33.2 Å². The van der Waals surface area contributed by atoms with Crippen LogP contribution in [0.2, 0.25) is 0 Å². The molecule has 1 aromatic carbocycles. The summed E-state index contributed by atoms with van der Waals surface area (Å²) in [6.45, 7) is 5.29. The van der Waals surface area contributed by atoms with Gasteiger partial charge in [-0.1, -0.05) is 17.3 Å². The number of ether oxygens (including phenoxy) is 1. The minimum atomic E-state index is 0.00481. The van der Waals surface area contributed by atoms with Gasteiger partial charge in [-0.2, -0.15) is 4.98 Å². The summed E-state index contributed by atoms with van der Waals surface area (Å²) < 4.78 is 10.7. The number of rotatable bonds is 4. The van der Waals surface area contributed by atoms with E-state index in [1.165, 1.54) is 0 Å². The first-order valence-corrected chi connectivity index (χ1v) is 8.12. The average Bonchev–Trinajstić information content (AvgIpc) is 2.88. The van der Waals surface area contributed by atoms with Crippen molar-refractivity contribution in [2.45, 2.75) is 20.0 Å². The van der Waals surface area contributed by atoms with Gasteiger partial charge in [0, 0.05) is 26.6 Å². The van der Waals surface area contributed by atoms with Gasteiger partial charge in [0.05, 0.1) is 5.56 Å². The molecular weight excluding hydrogens is 308 g/mol. The van der Waals surface area contributed by atoms with E-state index in [0.717, 1.165) is 32.6 Å². The fourth-order valence-electron chi connectivity index (χ4n) is 2.73. The highest BCUT2D eigenvalue weighted by Crippen LogP contribution is 2.21. The van der Waals surface area contributed by atoms with Gasteiger partial charge < -0.3 is 19.1 Å². The number of amides is 1. The summed E-state index contributed by atoms with van der Waals surface area (Å²) in [7, 11) is 2.08. The number of likely N-dealkylation sites (N-methyl/N-ethyl adjacent to an activating group) is 1. The van der Waals surface area contributed by atoms with Gasteiger partial charge in [0.2, 0.25) is 11.7 Å².